The van der Waals surface area contributed by atoms with Crippen LogP contribution in [0.15, 0.2) is 11.2 Å². The van der Waals surface area contributed by atoms with E-state index in [9.17, 15) is 4.21 Å². The van der Waals surface area contributed by atoms with E-state index >= 15 is 0 Å². The van der Waals surface area contributed by atoms with E-state index in [4.69, 9.17) is 0 Å². The zero-order valence-electron chi connectivity index (χ0n) is 10.5. The molecule has 0 spiro atoms. The zero-order chi connectivity index (χ0) is 12.8. The lowest BCUT2D eigenvalue weighted by atomic mass is 10.4. The van der Waals surface area contributed by atoms with Crippen LogP contribution in [0.1, 0.15) is 6.92 Å². The number of hydrogen-bond donors (Lipinski definition) is 2. The van der Waals surface area contributed by atoms with Crippen molar-refractivity contribution in [3.8, 4) is 0 Å². The Kier molecular flexibility index (Phi) is 5.70. The molecule has 7 heteroatoms. The summed E-state index contributed by atoms with van der Waals surface area (Å²) in [6, 6.07) is 1.84. The van der Waals surface area contributed by atoms with Crippen molar-refractivity contribution >= 4 is 34.2 Å². The van der Waals surface area contributed by atoms with E-state index in [0.717, 1.165) is 11.6 Å². The summed E-state index contributed by atoms with van der Waals surface area (Å²) in [5.74, 6) is 1.53. The molecule has 2 unspecified atom stereocenters. The summed E-state index contributed by atoms with van der Waals surface area (Å²) in [5.41, 5.74) is 0. The molecule has 0 bridgehead atoms. The molecule has 17 heavy (non-hydrogen) atoms. The molecule has 2 N–H and O–H groups in total. The maximum absolute atomic E-state index is 11.2. The van der Waals surface area contributed by atoms with Gasteiger partial charge in [0.15, 0.2) is 5.16 Å². The second kappa shape index (κ2) is 6.80. The monoisotopic (exact) mass is 274 g/mol. The van der Waals surface area contributed by atoms with E-state index in [-0.39, 0.29) is 5.25 Å². The van der Waals surface area contributed by atoms with Gasteiger partial charge in [-0.25, -0.2) is 9.97 Å². The highest BCUT2D eigenvalue weighted by atomic mass is 32.2. The van der Waals surface area contributed by atoms with Crippen LogP contribution in [-0.4, -0.2) is 45.5 Å². The van der Waals surface area contributed by atoms with E-state index in [1.54, 1.807) is 6.26 Å². The number of rotatable bonds is 6. The summed E-state index contributed by atoms with van der Waals surface area (Å²) < 4.78 is 11.2. The van der Waals surface area contributed by atoms with Crippen LogP contribution in [0.4, 0.5) is 11.6 Å². The highest BCUT2D eigenvalue weighted by Crippen LogP contribution is 2.16. The van der Waals surface area contributed by atoms with Crippen molar-refractivity contribution in [2.24, 2.45) is 0 Å². The summed E-state index contributed by atoms with van der Waals surface area (Å²) in [5, 5.41) is 6.98. The predicted molar refractivity (Wildman–Crippen MR) is 75.4 cm³/mol. The van der Waals surface area contributed by atoms with Gasteiger partial charge < -0.3 is 10.6 Å². The van der Waals surface area contributed by atoms with Gasteiger partial charge in [0.25, 0.3) is 0 Å². The summed E-state index contributed by atoms with van der Waals surface area (Å²) in [4.78, 5) is 8.61. The van der Waals surface area contributed by atoms with Gasteiger partial charge in [0.1, 0.15) is 11.6 Å². The van der Waals surface area contributed by atoms with Crippen LogP contribution in [0, 0.1) is 0 Å². The van der Waals surface area contributed by atoms with E-state index in [1.165, 1.54) is 11.8 Å². The summed E-state index contributed by atoms with van der Waals surface area (Å²) >= 11 is 1.49. The predicted octanol–water partition coefficient (Wildman–Crippen LogP) is 1.42. The van der Waals surface area contributed by atoms with Gasteiger partial charge in [0.05, 0.1) is 0 Å². The quantitative estimate of drug-likeness (QED) is 0.604. The maximum Gasteiger partial charge on any atom is 0.191 e. The van der Waals surface area contributed by atoms with E-state index in [1.807, 2.05) is 26.3 Å². The van der Waals surface area contributed by atoms with Gasteiger partial charge in [-0.15, -0.1) is 0 Å². The van der Waals surface area contributed by atoms with Crippen LogP contribution in [0.25, 0.3) is 0 Å². The number of nitrogens with one attached hydrogen (secondary N) is 2. The molecule has 0 radical (unpaired) electrons. The molecule has 1 aromatic rings. The van der Waals surface area contributed by atoms with E-state index in [0.29, 0.717) is 11.7 Å². The largest absolute Gasteiger partial charge is 0.373 e. The summed E-state index contributed by atoms with van der Waals surface area (Å²) in [6.07, 6.45) is 3.64. The first-order valence-corrected chi connectivity index (χ1v) is 8.08. The Bertz CT molecular complexity index is 378. The molecule has 96 valence electrons. The average molecular weight is 274 g/mol. The van der Waals surface area contributed by atoms with Crippen LogP contribution in [-0.2, 0) is 10.8 Å². The lowest BCUT2D eigenvalue weighted by Crippen LogP contribution is -2.21. The summed E-state index contributed by atoms with van der Waals surface area (Å²) in [6.45, 7) is 2.58. The third-order valence-corrected chi connectivity index (χ3v) is 4.13. The van der Waals surface area contributed by atoms with Crippen molar-refractivity contribution in [3.63, 3.8) is 0 Å². The third-order valence-electron chi connectivity index (χ3n) is 2.28. The van der Waals surface area contributed by atoms with Gasteiger partial charge in [-0.05, 0) is 13.2 Å². The Labute approximate surface area is 109 Å². The van der Waals surface area contributed by atoms with E-state index < -0.39 is 10.8 Å². The third kappa shape index (κ3) is 4.51. The Morgan fingerprint density at radius 3 is 2.65 bits per heavy atom. The second-order valence-electron chi connectivity index (χ2n) is 3.57. The van der Waals surface area contributed by atoms with Crippen molar-refractivity contribution in [2.75, 3.05) is 36.7 Å². The minimum absolute atomic E-state index is 0.0979. The van der Waals surface area contributed by atoms with Crippen molar-refractivity contribution in [2.45, 2.75) is 17.3 Å². The smallest absolute Gasteiger partial charge is 0.191 e. The first-order valence-electron chi connectivity index (χ1n) is 5.23. The fourth-order valence-corrected chi connectivity index (χ4v) is 1.80. The number of aromatic nitrogens is 2. The molecule has 5 nitrogen and oxygen atoms in total. The first kappa shape index (κ1) is 14.2. The van der Waals surface area contributed by atoms with Crippen molar-refractivity contribution in [1.82, 2.24) is 9.97 Å². The molecule has 1 heterocycles. The highest BCUT2D eigenvalue weighted by molar-refractivity contribution is 7.98. The second-order valence-corrected chi connectivity index (χ2v) is 6.14. The van der Waals surface area contributed by atoms with Crippen molar-refractivity contribution in [1.29, 1.82) is 0 Å². The Morgan fingerprint density at radius 2 is 2.12 bits per heavy atom. The van der Waals surface area contributed by atoms with E-state index in [2.05, 4.69) is 20.6 Å². The fourth-order valence-electron chi connectivity index (χ4n) is 1.10. The van der Waals surface area contributed by atoms with Gasteiger partial charge in [0.2, 0.25) is 0 Å². The van der Waals surface area contributed by atoms with Crippen molar-refractivity contribution < 1.29 is 4.21 Å². The van der Waals surface area contributed by atoms with Crippen LogP contribution in [0.3, 0.4) is 0 Å². The van der Waals surface area contributed by atoms with Gasteiger partial charge in [0, 0.05) is 42.0 Å². The minimum atomic E-state index is -0.825. The number of hydrogen-bond acceptors (Lipinski definition) is 6. The minimum Gasteiger partial charge on any atom is -0.373 e. The SMILES string of the molecule is CNc1cc(NCC(C)S(C)=O)nc(SC)n1. The molecule has 0 aliphatic heterocycles. The maximum atomic E-state index is 11.2. The van der Waals surface area contributed by atoms with Crippen LogP contribution >= 0.6 is 11.8 Å². The Hall–Kier alpha value is -0.820. The molecular weight excluding hydrogens is 256 g/mol. The molecular formula is C10H18N4OS2. The zero-order valence-corrected chi connectivity index (χ0v) is 12.1. The molecule has 1 rings (SSSR count). The summed E-state index contributed by atoms with van der Waals surface area (Å²) in [7, 11) is 0.994. The molecule has 0 aromatic carbocycles. The highest BCUT2D eigenvalue weighted by Gasteiger charge is 2.07. The standard InChI is InChI=1S/C10H18N4OS2/c1-7(17(4)15)6-12-9-5-8(11-2)13-10(14-9)16-3/h5,7H,6H2,1-4H3,(H2,11,12,13,14). The molecule has 0 aliphatic rings. The molecule has 2 atom stereocenters. The van der Waals surface area contributed by atoms with Crippen LogP contribution in [0.2, 0.25) is 0 Å². The molecule has 0 amide bonds. The number of thioether (sulfide) groups is 1. The normalized spacial score (nSPS) is 14.1. The lowest BCUT2D eigenvalue weighted by Gasteiger charge is -2.12. The lowest BCUT2D eigenvalue weighted by molar-refractivity contribution is 0.678. The number of anilines is 2. The molecule has 0 saturated heterocycles. The molecule has 0 aliphatic carbocycles. The van der Waals surface area contributed by atoms with Crippen LogP contribution < -0.4 is 10.6 Å². The Morgan fingerprint density at radius 1 is 1.47 bits per heavy atom. The Balaban J connectivity index is 2.73. The molecule has 1 aromatic heterocycles. The topological polar surface area (TPSA) is 66.9 Å². The fraction of sp³-hybridized carbons (Fsp3) is 0.600. The van der Waals surface area contributed by atoms with Crippen LogP contribution in [0.5, 0.6) is 0 Å². The number of nitrogens with zero attached hydrogens (tertiary/aromatic N) is 2. The van der Waals surface area contributed by atoms with Gasteiger partial charge in [-0.1, -0.05) is 11.8 Å². The average Bonchev–Trinajstić information content (AvgIpc) is 2.35. The van der Waals surface area contributed by atoms with Gasteiger partial charge in [-0.3, -0.25) is 4.21 Å². The first-order chi connectivity index (χ1) is 8.06. The van der Waals surface area contributed by atoms with Gasteiger partial charge in [-0.2, -0.15) is 0 Å². The van der Waals surface area contributed by atoms with Gasteiger partial charge >= 0.3 is 0 Å². The molecule has 0 fully saturated rings. The molecule has 0 saturated carbocycles. The van der Waals surface area contributed by atoms with Crippen molar-refractivity contribution in [3.05, 3.63) is 6.07 Å².